The van der Waals surface area contributed by atoms with Gasteiger partial charge in [-0.15, -0.1) is 0 Å². The van der Waals surface area contributed by atoms with Gasteiger partial charge in [0.1, 0.15) is 5.75 Å². The predicted molar refractivity (Wildman–Crippen MR) is 65.6 cm³/mol. The molecule has 1 amide bonds. The van der Waals surface area contributed by atoms with Gasteiger partial charge in [-0.05, 0) is 24.1 Å². The first-order chi connectivity index (χ1) is 8.15. The molecule has 0 saturated carbocycles. The van der Waals surface area contributed by atoms with Crippen LogP contribution in [0.3, 0.4) is 0 Å². The summed E-state index contributed by atoms with van der Waals surface area (Å²) in [6.45, 7) is 1.55. The first kappa shape index (κ1) is 11.9. The Balaban J connectivity index is 1.82. The van der Waals surface area contributed by atoms with Crippen LogP contribution < -0.4 is 5.32 Å². The maximum Gasteiger partial charge on any atom is 0.222 e. The Labute approximate surface area is 101 Å². The summed E-state index contributed by atoms with van der Waals surface area (Å²) in [5.41, 5.74) is 1.14. The molecular formula is C13H18N2O2. The molecular weight excluding hydrogens is 216 g/mol. The van der Waals surface area contributed by atoms with Gasteiger partial charge in [-0.2, -0.15) is 0 Å². The third-order valence-corrected chi connectivity index (χ3v) is 3.16. The second kappa shape index (κ2) is 5.19. The minimum Gasteiger partial charge on any atom is -0.508 e. The fourth-order valence-corrected chi connectivity index (χ4v) is 2.05. The number of carbonyl (C=O) groups is 1. The van der Waals surface area contributed by atoms with Gasteiger partial charge in [0.05, 0.1) is 0 Å². The van der Waals surface area contributed by atoms with E-state index in [0.29, 0.717) is 12.5 Å². The number of carbonyl (C=O) groups excluding carboxylic acids is 1. The van der Waals surface area contributed by atoms with E-state index in [1.54, 1.807) is 17.0 Å². The van der Waals surface area contributed by atoms with E-state index in [-0.39, 0.29) is 11.7 Å². The van der Waals surface area contributed by atoms with Gasteiger partial charge in [0.2, 0.25) is 5.91 Å². The van der Waals surface area contributed by atoms with E-state index in [1.807, 2.05) is 19.2 Å². The summed E-state index contributed by atoms with van der Waals surface area (Å²) in [5, 5.41) is 12.6. The van der Waals surface area contributed by atoms with Crippen molar-refractivity contribution in [3.63, 3.8) is 0 Å². The van der Waals surface area contributed by atoms with Crippen LogP contribution in [0.15, 0.2) is 24.3 Å². The molecule has 4 nitrogen and oxygen atoms in total. The van der Waals surface area contributed by atoms with E-state index in [0.717, 1.165) is 25.1 Å². The lowest BCUT2D eigenvalue weighted by molar-refractivity contribution is -0.132. The summed E-state index contributed by atoms with van der Waals surface area (Å²) < 4.78 is 0. The van der Waals surface area contributed by atoms with Crippen LogP contribution in [0, 0.1) is 0 Å². The van der Waals surface area contributed by atoms with Crippen molar-refractivity contribution in [3.05, 3.63) is 29.8 Å². The van der Waals surface area contributed by atoms with Crippen LogP contribution in [0.4, 0.5) is 0 Å². The molecule has 2 N–H and O–H groups in total. The van der Waals surface area contributed by atoms with Gasteiger partial charge in [-0.1, -0.05) is 12.1 Å². The molecule has 1 atom stereocenters. The molecule has 4 heteroatoms. The number of amides is 1. The predicted octanol–water partition coefficient (Wildman–Crippen LogP) is 1.10. The zero-order valence-corrected chi connectivity index (χ0v) is 10.0. The topological polar surface area (TPSA) is 52.6 Å². The van der Waals surface area contributed by atoms with Crippen LogP contribution in [0.1, 0.15) is 18.4 Å². The summed E-state index contributed by atoms with van der Waals surface area (Å²) >= 11 is 0. The van der Waals surface area contributed by atoms with Crippen molar-refractivity contribution < 1.29 is 9.90 Å². The van der Waals surface area contributed by atoms with Crippen LogP contribution >= 0.6 is 0 Å². The molecule has 0 aliphatic carbocycles. The molecule has 1 heterocycles. The Kier molecular flexibility index (Phi) is 3.64. The van der Waals surface area contributed by atoms with E-state index in [4.69, 9.17) is 0 Å². The summed E-state index contributed by atoms with van der Waals surface area (Å²) in [6.07, 6.45) is 1.53. The van der Waals surface area contributed by atoms with Crippen molar-refractivity contribution in [1.29, 1.82) is 0 Å². The highest BCUT2D eigenvalue weighted by atomic mass is 16.3. The molecule has 1 unspecified atom stereocenters. The SMILES string of the molecule is CN1CC(NCc2ccc(O)cc2)CCC1=O. The van der Waals surface area contributed by atoms with E-state index in [1.165, 1.54) is 0 Å². The van der Waals surface area contributed by atoms with Crippen LogP contribution in [-0.2, 0) is 11.3 Å². The van der Waals surface area contributed by atoms with Crippen molar-refractivity contribution in [3.8, 4) is 5.75 Å². The monoisotopic (exact) mass is 234 g/mol. The second-order valence-corrected chi connectivity index (χ2v) is 4.56. The van der Waals surface area contributed by atoms with Crippen LogP contribution in [0.25, 0.3) is 0 Å². The van der Waals surface area contributed by atoms with Gasteiger partial charge in [-0.3, -0.25) is 4.79 Å². The molecule has 1 aromatic carbocycles. The maximum absolute atomic E-state index is 11.3. The fourth-order valence-electron chi connectivity index (χ4n) is 2.05. The lowest BCUT2D eigenvalue weighted by Crippen LogP contribution is -2.46. The Hall–Kier alpha value is -1.55. The molecule has 1 saturated heterocycles. The number of nitrogens with one attached hydrogen (secondary N) is 1. The molecule has 0 spiro atoms. The van der Waals surface area contributed by atoms with Gasteiger partial charge in [0.15, 0.2) is 0 Å². The van der Waals surface area contributed by atoms with E-state index in [2.05, 4.69) is 5.32 Å². The highest BCUT2D eigenvalue weighted by molar-refractivity contribution is 5.76. The van der Waals surface area contributed by atoms with Gasteiger partial charge >= 0.3 is 0 Å². The molecule has 1 aromatic rings. The van der Waals surface area contributed by atoms with E-state index in [9.17, 15) is 9.90 Å². The number of piperidine rings is 1. The van der Waals surface area contributed by atoms with Crippen molar-refractivity contribution in [1.82, 2.24) is 10.2 Å². The number of benzene rings is 1. The van der Waals surface area contributed by atoms with Crippen molar-refractivity contribution in [2.24, 2.45) is 0 Å². The summed E-state index contributed by atoms with van der Waals surface area (Å²) in [6, 6.07) is 7.55. The van der Waals surface area contributed by atoms with Crippen molar-refractivity contribution in [2.45, 2.75) is 25.4 Å². The largest absolute Gasteiger partial charge is 0.508 e. The maximum atomic E-state index is 11.3. The molecule has 1 aliphatic heterocycles. The summed E-state index contributed by atoms with van der Waals surface area (Å²) in [5.74, 6) is 0.518. The van der Waals surface area contributed by atoms with Gasteiger partial charge in [0, 0.05) is 32.6 Å². The van der Waals surface area contributed by atoms with Crippen LogP contribution in [0.2, 0.25) is 0 Å². The molecule has 0 bridgehead atoms. The van der Waals surface area contributed by atoms with Crippen LogP contribution in [-0.4, -0.2) is 35.5 Å². The molecule has 0 radical (unpaired) electrons. The highest BCUT2D eigenvalue weighted by Gasteiger charge is 2.21. The van der Waals surface area contributed by atoms with Crippen LogP contribution in [0.5, 0.6) is 5.75 Å². The number of hydrogen-bond acceptors (Lipinski definition) is 3. The number of hydrogen-bond donors (Lipinski definition) is 2. The molecule has 2 rings (SSSR count). The van der Waals surface area contributed by atoms with Crippen molar-refractivity contribution in [2.75, 3.05) is 13.6 Å². The number of likely N-dealkylation sites (tertiary alicyclic amines) is 1. The zero-order chi connectivity index (χ0) is 12.3. The lowest BCUT2D eigenvalue weighted by atomic mass is 10.1. The average molecular weight is 234 g/mol. The first-order valence-corrected chi connectivity index (χ1v) is 5.90. The number of phenols is 1. The summed E-state index contributed by atoms with van der Waals surface area (Å²) in [7, 11) is 1.84. The zero-order valence-electron chi connectivity index (χ0n) is 10.0. The average Bonchev–Trinajstić information content (AvgIpc) is 2.33. The molecule has 17 heavy (non-hydrogen) atoms. The number of rotatable bonds is 3. The molecule has 1 fully saturated rings. The number of nitrogens with zero attached hydrogens (tertiary/aromatic N) is 1. The minimum atomic E-state index is 0.229. The number of likely N-dealkylation sites (N-methyl/N-ethyl adjacent to an activating group) is 1. The standard InChI is InChI=1S/C13H18N2O2/c1-15-9-11(4-7-13(15)17)14-8-10-2-5-12(16)6-3-10/h2-3,5-6,11,14,16H,4,7-9H2,1H3. The normalized spacial score (nSPS) is 20.6. The van der Waals surface area contributed by atoms with Crippen molar-refractivity contribution >= 4 is 5.91 Å². The Bertz CT molecular complexity index is 389. The third kappa shape index (κ3) is 3.20. The minimum absolute atomic E-state index is 0.229. The van der Waals surface area contributed by atoms with E-state index < -0.39 is 0 Å². The molecule has 1 aliphatic rings. The third-order valence-electron chi connectivity index (χ3n) is 3.16. The highest BCUT2D eigenvalue weighted by Crippen LogP contribution is 2.12. The van der Waals surface area contributed by atoms with E-state index >= 15 is 0 Å². The fraction of sp³-hybridized carbons (Fsp3) is 0.462. The summed E-state index contributed by atoms with van der Waals surface area (Å²) in [4.78, 5) is 13.1. The Morgan fingerprint density at radius 3 is 2.76 bits per heavy atom. The smallest absolute Gasteiger partial charge is 0.222 e. The lowest BCUT2D eigenvalue weighted by Gasteiger charge is -2.30. The van der Waals surface area contributed by atoms with Gasteiger partial charge in [0.25, 0.3) is 0 Å². The Morgan fingerprint density at radius 1 is 1.41 bits per heavy atom. The number of phenolic OH excluding ortho intramolecular Hbond substituents is 1. The molecule has 0 aromatic heterocycles. The first-order valence-electron chi connectivity index (χ1n) is 5.90. The van der Waals surface area contributed by atoms with Gasteiger partial charge in [-0.25, -0.2) is 0 Å². The second-order valence-electron chi connectivity index (χ2n) is 4.56. The molecule has 92 valence electrons. The Morgan fingerprint density at radius 2 is 2.12 bits per heavy atom. The number of aromatic hydroxyl groups is 1. The van der Waals surface area contributed by atoms with Gasteiger partial charge < -0.3 is 15.3 Å². The quantitative estimate of drug-likeness (QED) is 0.823.